The van der Waals surface area contributed by atoms with Crippen LogP contribution < -0.4 is 10.6 Å². The van der Waals surface area contributed by atoms with Gasteiger partial charge in [-0.05, 0) is 42.3 Å². The molecule has 0 fully saturated rings. The van der Waals surface area contributed by atoms with Crippen LogP contribution in [0.4, 0.5) is 14.9 Å². The van der Waals surface area contributed by atoms with Crippen LogP contribution in [0.25, 0.3) is 10.9 Å². The highest BCUT2D eigenvalue weighted by Crippen LogP contribution is 2.29. The van der Waals surface area contributed by atoms with Crippen molar-refractivity contribution in [1.82, 2.24) is 20.0 Å². The van der Waals surface area contributed by atoms with Crippen molar-refractivity contribution in [3.63, 3.8) is 0 Å². The number of urea groups is 1. The molecule has 2 N–H and O–H groups in total. The van der Waals surface area contributed by atoms with Gasteiger partial charge in [-0.15, -0.1) is 0 Å². The number of aryl methyl sites for hydroxylation is 2. The number of hydrogen-bond acceptors (Lipinski definition) is 3. The highest BCUT2D eigenvalue weighted by atomic mass is 19.1. The molecule has 1 aliphatic heterocycles. The Balaban J connectivity index is 1.69. The standard InChI is InChI=1S/C21H20FN5O2/c1-12-8-14-10-23-27(3)18(14)9-17(12)24-20(28)16-11-26(2)21(29)25-19(16)13-4-6-15(22)7-5-13/h4-11,19H,1-3H3,(H,24,28)(H,25,29)/t19-/m0/s1. The molecule has 0 bridgehead atoms. The Morgan fingerprint density at radius 1 is 1.21 bits per heavy atom. The van der Waals surface area contributed by atoms with Crippen LogP contribution in [-0.4, -0.2) is 33.7 Å². The first kappa shape index (κ1) is 18.7. The van der Waals surface area contributed by atoms with Crippen molar-refractivity contribution in [3.05, 3.63) is 71.3 Å². The molecule has 4 rings (SSSR count). The molecule has 2 heterocycles. The second-order valence-electron chi connectivity index (χ2n) is 7.08. The van der Waals surface area contributed by atoms with E-state index < -0.39 is 6.04 Å². The third-order valence-electron chi connectivity index (χ3n) is 5.04. The van der Waals surface area contributed by atoms with Crippen molar-refractivity contribution < 1.29 is 14.0 Å². The molecule has 1 aromatic heterocycles. The zero-order valence-corrected chi connectivity index (χ0v) is 16.2. The summed E-state index contributed by atoms with van der Waals surface area (Å²) in [7, 11) is 3.40. The molecular weight excluding hydrogens is 373 g/mol. The number of fused-ring (bicyclic) bond motifs is 1. The summed E-state index contributed by atoms with van der Waals surface area (Å²) in [6, 6.07) is 8.51. The van der Waals surface area contributed by atoms with Gasteiger partial charge >= 0.3 is 6.03 Å². The fourth-order valence-electron chi connectivity index (χ4n) is 3.40. The van der Waals surface area contributed by atoms with Crippen LogP contribution in [0, 0.1) is 12.7 Å². The maximum Gasteiger partial charge on any atom is 0.321 e. The van der Waals surface area contributed by atoms with Crippen molar-refractivity contribution in [2.75, 3.05) is 12.4 Å². The first-order valence-corrected chi connectivity index (χ1v) is 9.07. The van der Waals surface area contributed by atoms with Gasteiger partial charge in [0.2, 0.25) is 0 Å². The summed E-state index contributed by atoms with van der Waals surface area (Å²) in [6.45, 7) is 1.91. The molecule has 148 valence electrons. The Hall–Kier alpha value is -3.68. The summed E-state index contributed by atoms with van der Waals surface area (Å²) in [5.74, 6) is -0.737. The largest absolute Gasteiger partial charge is 0.327 e. The number of aromatic nitrogens is 2. The van der Waals surface area contributed by atoms with Gasteiger partial charge in [0.25, 0.3) is 5.91 Å². The number of rotatable bonds is 3. The van der Waals surface area contributed by atoms with E-state index in [9.17, 15) is 14.0 Å². The number of carbonyl (C=O) groups excluding carboxylic acids is 2. The lowest BCUT2D eigenvalue weighted by Gasteiger charge is -2.30. The van der Waals surface area contributed by atoms with Crippen LogP contribution in [0.2, 0.25) is 0 Å². The Kier molecular flexibility index (Phi) is 4.54. The normalized spacial score (nSPS) is 16.6. The van der Waals surface area contributed by atoms with Gasteiger partial charge in [-0.1, -0.05) is 12.1 Å². The van der Waals surface area contributed by atoms with Gasteiger partial charge < -0.3 is 15.5 Å². The summed E-state index contributed by atoms with van der Waals surface area (Å²) in [6.07, 6.45) is 3.27. The van der Waals surface area contributed by atoms with Crippen LogP contribution in [0.3, 0.4) is 0 Å². The van der Waals surface area contributed by atoms with Gasteiger partial charge in [-0.25, -0.2) is 9.18 Å². The molecule has 29 heavy (non-hydrogen) atoms. The monoisotopic (exact) mass is 393 g/mol. The summed E-state index contributed by atoms with van der Waals surface area (Å²) in [5.41, 5.74) is 3.41. The van der Waals surface area contributed by atoms with E-state index in [2.05, 4.69) is 15.7 Å². The number of nitrogens with zero attached hydrogens (tertiary/aromatic N) is 3. The van der Waals surface area contributed by atoms with Crippen molar-refractivity contribution in [3.8, 4) is 0 Å². The molecule has 0 saturated carbocycles. The van der Waals surface area contributed by atoms with E-state index in [1.807, 2.05) is 26.1 Å². The van der Waals surface area contributed by atoms with Crippen molar-refractivity contribution in [2.45, 2.75) is 13.0 Å². The van der Waals surface area contributed by atoms with Crippen LogP contribution in [0.1, 0.15) is 17.2 Å². The molecule has 1 atom stereocenters. The van der Waals surface area contributed by atoms with Gasteiger partial charge in [0.1, 0.15) is 5.82 Å². The molecule has 0 saturated heterocycles. The van der Waals surface area contributed by atoms with Crippen molar-refractivity contribution in [2.24, 2.45) is 7.05 Å². The molecule has 0 unspecified atom stereocenters. The van der Waals surface area contributed by atoms with E-state index in [4.69, 9.17) is 0 Å². The van der Waals surface area contributed by atoms with Gasteiger partial charge in [0.05, 0.1) is 23.3 Å². The molecule has 0 aliphatic carbocycles. The second-order valence-corrected chi connectivity index (χ2v) is 7.08. The smallest absolute Gasteiger partial charge is 0.321 e. The molecule has 7 nitrogen and oxygen atoms in total. The average Bonchev–Trinajstić information content (AvgIpc) is 3.04. The van der Waals surface area contributed by atoms with E-state index in [1.54, 1.807) is 30.1 Å². The quantitative estimate of drug-likeness (QED) is 0.717. The van der Waals surface area contributed by atoms with Crippen LogP contribution in [0.5, 0.6) is 0 Å². The Labute approximate surface area is 166 Å². The molecule has 1 aliphatic rings. The zero-order chi connectivity index (χ0) is 20.7. The van der Waals surface area contributed by atoms with Crippen LogP contribution >= 0.6 is 0 Å². The number of anilines is 1. The van der Waals surface area contributed by atoms with Crippen molar-refractivity contribution in [1.29, 1.82) is 0 Å². The molecule has 0 radical (unpaired) electrons. The number of amides is 3. The minimum absolute atomic E-state index is 0.344. The van der Waals surface area contributed by atoms with E-state index in [0.717, 1.165) is 16.5 Å². The minimum Gasteiger partial charge on any atom is -0.327 e. The maximum absolute atomic E-state index is 13.3. The summed E-state index contributed by atoms with van der Waals surface area (Å²) in [4.78, 5) is 26.6. The van der Waals surface area contributed by atoms with E-state index >= 15 is 0 Å². The maximum atomic E-state index is 13.3. The fraction of sp³-hybridized carbons (Fsp3) is 0.190. The van der Waals surface area contributed by atoms with E-state index in [-0.39, 0.29) is 17.8 Å². The lowest BCUT2D eigenvalue weighted by atomic mass is 9.97. The lowest BCUT2D eigenvalue weighted by molar-refractivity contribution is -0.113. The van der Waals surface area contributed by atoms with Gasteiger partial charge in [-0.3, -0.25) is 9.48 Å². The Morgan fingerprint density at radius 3 is 2.66 bits per heavy atom. The summed E-state index contributed by atoms with van der Waals surface area (Å²) in [5, 5.41) is 10.9. The number of carbonyl (C=O) groups is 2. The highest BCUT2D eigenvalue weighted by molar-refractivity contribution is 6.07. The summed E-state index contributed by atoms with van der Waals surface area (Å²) >= 11 is 0. The molecule has 3 amide bonds. The second kappa shape index (κ2) is 7.05. The Bertz CT molecular complexity index is 1150. The fourth-order valence-corrected chi connectivity index (χ4v) is 3.40. The minimum atomic E-state index is -0.681. The van der Waals surface area contributed by atoms with E-state index in [0.29, 0.717) is 16.8 Å². The van der Waals surface area contributed by atoms with Gasteiger partial charge in [0, 0.05) is 31.4 Å². The van der Waals surface area contributed by atoms with Crippen LogP contribution in [-0.2, 0) is 11.8 Å². The average molecular weight is 393 g/mol. The lowest BCUT2D eigenvalue weighted by Crippen LogP contribution is -2.44. The number of halogens is 1. The number of nitrogens with one attached hydrogen (secondary N) is 2. The first-order valence-electron chi connectivity index (χ1n) is 9.07. The van der Waals surface area contributed by atoms with E-state index in [1.165, 1.54) is 23.2 Å². The Morgan fingerprint density at radius 2 is 1.93 bits per heavy atom. The SMILES string of the molecule is Cc1cc2cnn(C)c2cc1NC(=O)C1=CN(C)C(=O)N[C@H]1c1ccc(F)cc1. The first-order chi connectivity index (χ1) is 13.8. The summed E-state index contributed by atoms with van der Waals surface area (Å²) < 4.78 is 15.1. The highest BCUT2D eigenvalue weighted by Gasteiger charge is 2.30. The zero-order valence-electron chi connectivity index (χ0n) is 16.2. The number of hydrogen-bond donors (Lipinski definition) is 2. The van der Waals surface area contributed by atoms with Crippen LogP contribution in [0.15, 0.2) is 54.4 Å². The molecule has 8 heteroatoms. The number of benzene rings is 2. The molecule has 3 aromatic rings. The van der Waals surface area contributed by atoms with Gasteiger partial charge in [0.15, 0.2) is 0 Å². The third-order valence-corrected chi connectivity index (χ3v) is 5.04. The predicted octanol–water partition coefficient (Wildman–Crippen LogP) is 3.24. The third kappa shape index (κ3) is 3.44. The van der Waals surface area contributed by atoms with Crippen molar-refractivity contribution >= 4 is 28.5 Å². The molecule has 2 aromatic carbocycles. The molecular formula is C21H20FN5O2. The topological polar surface area (TPSA) is 79.3 Å². The predicted molar refractivity (Wildman–Crippen MR) is 108 cm³/mol. The molecule has 0 spiro atoms. The van der Waals surface area contributed by atoms with Gasteiger partial charge in [-0.2, -0.15) is 5.10 Å².